The molecule has 9 heteroatoms. The van der Waals surface area contributed by atoms with E-state index in [9.17, 15) is 4.79 Å². The van der Waals surface area contributed by atoms with E-state index >= 15 is 0 Å². The number of hydrogen-bond donors (Lipinski definition) is 1. The van der Waals surface area contributed by atoms with E-state index in [4.69, 9.17) is 9.47 Å². The van der Waals surface area contributed by atoms with Gasteiger partial charge in [-0.25, -0.2) is 0 Å². The molecule has 158 valence electrons. The van der Waals surface area contributed by atoms with Crippen LogP contribution in [0.2, 0.25) is 0 Å². The van der Waals surface area contributed by atoms with Gasteiger partial charge in [0.15, 0.2) is 11.0 Å². The number of nitrogens with zero attached hydrogens (tertiary/aromatic N) is 4. The van der Waals surface area contributed by atoms with Gasteiger partial charge in [-0.1, -0.05) is 25.6 Å². The molecule has 0 unspecified atom stereocenters. The minimum absolute atomic E-state index is 0.173. The quantitative estimate of drug-likeness (QED) is 0.520. The molecular formula is C21H25N5O3S. The second kappa shape index (κ2) is 10.1. The van der Waals surface area contributed by atoms with Gasteiger partial charge in [-0.2, -0.15) is 0 Å². The van der Waals surface area contributed by atoms with Gasteiger partial charge in [-0.05, 0) is 30.2 Å². The van der Waals surface area contributed by atoms with Crippen LogP contribution in [0.5, 0.6) is 11.5 Å². The SMILES string of the molecule is COc1ccc(OC)c(NC(=O)CSc2nnc(-c3cccnc3)n2CC(C)C)c1. The number of rotatable bonds is 9. The Hall–Kier alpha value is -3.07. The Bertz CT molecular complexity index is 992. The molecule has 0 bridgehead atoms. The number of carbonyl (C=O) groups excluding carboxylic acids is 1. The number of hydrogen-bond acceptors (Lipinski definition) is 7. The summed E-state index contributed by atoms with van der Waals surface area (Å²) in [7, 11) is 3.13. The fourth-order valence-corrected chi connectivity index (χ4v) is 3.61. The highest BCUT2D eigenvalue weighted by Gasteiger charge is 2.17. The number of thioether (sulfide) groups is 1. The van der Waals surface area contributed by atoms with E-state index in [0.717, 1.165) is 17.9 Å². The fraction of sp³-hybridized carbons (Fsp3) is 0.333. The average molecular weight is 428 g/mol. The Morgan fingerprint density at radius 3 is 2.70 bits per heavy atom. The van der Waals surface area contributed by atoms with Gasteiger partial charge in [0.1, 0.15) is 11.5 Å². The molecule has 0 aliphatic heterocycles. The third-order valence-corrected chi connectivity index (χ3v) is 5.16. The number of amides is 1. The first-order valence-corrected chi connectivity index (χ1v) is 10.5. The number of ether oxygens (including phenoxy) is 2. The van der Waals surface area contributed by atoms with Crippen LogP contribution in [0, 0.1) is 5.92 Å². The Balaban J connectivity index is 1.74. The normalized spacial score (nSPS) is 10.8. The largest absolute Gasteiger partial charge is 0.497 e. The Morgan fingerprint density at radius 1 is 1.20 bits per heavy atom. The minimum Gasteiger partial charge on any atom is -0.497 e. The lowest BCUT2D eigenvalue weighted by molar-refractivity contribution is -0.113. The Kier molecular flexibility index (Phi) is 7.29. The molecule has 0 spiro atoms. The van der Waals surface area contributed by atoms with Crippen LogP contribution >= 0.6 is 11.8 Å². The molecule has 0 fully saturated rings. The highest BCUT2D eigenvalue weighted by molar-refractivity contribution is 7.99. The number of anilines is 1. The first-order chi connectivity index (χ1) is 14.5. The second-order valence-corrected chi connectivity index (χ2v) is 7.90. The van der Waals surface area contributed by atoms with Crippen LogP contribution in [-0.4, -0.2) is 45.6 Å². The van der Waals surface area contributed by atoms with E-state index in [0.29, 0.717) is 28.3 Å². The van der Waals surface area contributed by atoms with E-state index in [1.807, 2.05) is 16.7 Å². The van der Waals surface area contributed by atoms with Crippen molar-refractivity contribution in [3.63, 3.8) is 0 Å². The first kappa shape index (κ1) is 21.6. The predicted molar refractivity (Wildman–Crippen MR) is 117 cm³/mol. The summed E-state index contributed by atoms with van der Waals surface area (Å²) in [6.45, 7) is 5.00. The molecule has 0 saturated heterocycles. The first-order valence-electron chi connectivity index (χ1n) is 9.50. The molecule has 30 heavy (non-hydrogen) atoms. The fourth-order valence-electron chi connectivity index (χ4n) is 2.86. The van der Waals surface area contributed by atoms with E-state index in [-0.39, 0.29) is 11.7 Å². The molecule has 0 atom stereocenters. The number of pyridine rings is 1. The molecule has 0 aliphatic rings. The molecule has 2 heterocycles. The smallest absolute Gasteiger partial charge is 0.234 e. The lowest BCUT2D eigenvalue weighted by Gasteiger charge is -2.13. The lowest BCUT2D eigenvalue weighted by atomic mass is 10.2. The maximum Gasteiger partial charge on any atom is 0.234 e. The Morgan fingerprint density at radius 2 is 2.03 bits per heavy atom. The summed E-state index contributed by atoms with van der Waals surface area (Å²) >= 11 is 1.34. The van der Waals surface area contributed by atoms with Crippen molar-refractivity contribution >= 4 is 23.4 Å². The molecule has 3 aromatic rings. The van der Waals surface area contributed by atoms with Crippen molar-refractivity contribution in [1.82, 2.24) is 19.7 Å². The molecule has 1 N–H and O–H groups in total. The number of aromatic nitrogens is 4. The van der Waals surface area contributed by atoms with Gasteiger partial charge < -0.3 is 19.4 Å². The van der Waals surface area contributed by atoms with Crippen LogP contribution in [0.3, 0.4) is 0 Å². The van der Waals surface area contributed by atoms with Gasteiger partial charge >= 0.3 is 0 Å². The molecule has 0 saturated carbocycles. The molecule has 3 rings (SSSR count). The van der Waals surface area contributed by atoms with Crippen molar-refractivity contribution in [3.8, 4) is 22.9 Å². The van der Waals surface area contributed by atoms with Crippen LogP contribution in [-0.2, 0) is 11.3 Å². The van der Waals surface area contributed by atoms with Gasteiger partial charge in [0.25, 0.3) is 0 Å². The van der Waals surface area contributed by atoms with Crippen LogP contribution in [0.15, 0.2) is 47.9 Å². The topological polar surface area (TPSA) is 91.2 Å². The van der Waals surface area contributed by atoms with Gasteiger partial charge in [-0.15, -0.1) is 10.2 Å². The molecule has 0 aliphatic carbocycles. The van der Waals surface area contributed by atoms with Crippen molar-refractivity contribution in [3.05, 3.63) is 42.7 Å². The molecule has 8 nitrogen and oxygen atoms in total. The van der Waals surface area contributed by atoms with Crippen LogP contribution in [0.25, 0.3) is 11.4 Å². The van der Waals surface area contributed by atoms with Crippen molar-refractivity contribution in [2.24, 2.45) is 5.92 Å². The second-order valence-electron chi connectivity index (χ2n) is 6.96. The summed E-state index contributed by atoms with van der Waals surface area (Å²) in [6, 6.07) is 9.07. The van der Waals surface area contributed by atoms with Crippen molar-refractivity contribution in [1.29, 1.82) is 0 Å². The molecular weight excluding hydrogens is 402 g/mol. The summed E-state index contributed by atoms with van der Waals surface area (Å²) in [5, 5.41) is 12.2. The van der Waals surface area contributed by atoms with E-state index in [1.54, 1.807) is 44.8 Å². The third kappa shape index (κ3) is 5.29. The van der Waals surface area contributed by atoms with Crippen molar-refractivity contribution < 1.29 is 14.3 Å². The number of nitrogens with one attached hydrogen (secondary N) is 1. The zero-order chi connectivity index (χ0) is 21.5. The van der Waals surface area contributed by atoms with Crippen LogP contribution in [0.1, 0.15) is 13.8 Å². The zero-order valence-corrected chi connectivity index (χ0v) is 18.3. The van der Waals surface area contributed by atoms with E-state index < -0.39 is 0 Å². The molecule has 1 aromatic carbocycles. The maximum atomic E-state index is 12.6. The van der Waals surface area contributed by atoms with Crippen molar-refractivity contribution in [2.45, 2.75) is 25.5 Å². The number of carbonyl (C=O) groups is 1. The standard InChI is InChI=1S/C21H25N5O3S/c1-14(2)12-26-20(15-6-5-9-22-11-15)24-25-21(26)30-13-19(27)23-17-10-16(28-3)7-8-18(17)29-4/h5-11,14H,12-13H2,1-4H3,(H,23,27). The highest BCUT2D eigenvalue weighted by Crippen LogP contribution is 2.30. The third-order valence-electron chi connectivity index (χ3n) is 4.20. The van der Waals surface area contributed by atoms with Gasteiger partial charge in [-0.3, -0.25) is 9.78 Å². The van der Waals surface area contributed by atoms with Gasteiger partial charge in [0, 0.05) is 30.6 Å². The molecule has 0 radical (unpaired) electrons. The van der Waals surface area contributed by atoms with Gasteiger partial charge in [0.2, 0.25) is 5.91 Å². The highest BCUT2D eigenvalue weighted by atomic mass is 32.2. The molecule has 1 amide bonds. The monoisotopic (exact) mass is 427 g/mol. The Labute approximate surface area is 180 Å². The summed E-state index contributed by atoms with van der Waals surface area (Å²) in [4.78, 5) is 16.7. The summed E-state index contributed by atoms with van der Waals surface area (Å²) in [6.07, 6.45) is 3.48. The number of benzene rings is 1. The lowest BCUT2D eigenvalue weighted by Crippen LogP contribution is -2.16. The van der Waals surface area contributed by atoms with Crippen LogP contribution < -0.4 is 14.8 Å². The molecule has 2 aromatic heterocycles. The average Bonchev–Trinajstić information content (AvgIpc) is 3.14. The zero-order valence-electron chi connectivity index (χ0n) is 17.5. The van der Waals surface area contributed by atoms with Crippen molar-refractivity contribution in [2.75, 3.05) is 25.3 Å². The maximum absolute atomic E-state index is 12.6. The summed E-state index contributed by atoms with van der Waals surface area (Å²) < 4.78 is 12.6. The number of methoxy groups -OCH3 is 2. The summed E-state index contributed by atoms with van der Waals surface area (Å²) in [5.74, 6) is 2.35. The van der Waals surface area contributed by atoms with E-state index in [2.05, 4.69) is 34.3 Å². The van der Waals surface area contributed by atoms with Crippen LogP contribution in [0.4, 0.5) is 5.69 Å². The minimum atomic E-state index is -0.173. The predicted octanol–water partition coefficient (Wildman–Crippen LogP) is 3.74. The van der Waals surface area contributed by atoms with E-state index in [1.165, 1.54) is 11.8 Å². The summed E-state index contributed by atoms with van der Waals surface area (Å²) in [5.41, 5.74) is 1.45. The van der Waals surface area contributed by atoms with Gasteiger partial charge in [0.05, 0.1) is 25.7 Å².